The highest BCUT2D eigenvalue weighted by molar-refractivity contribution is 6.00. The van der Waals surface area contributed by atoms with E-state index in [1.54, 1.807) is 7.11 Å². The number of amides is 2. The molecule has 3 heterocycles. The van der Waals surface area contributed by atoms with Crippen molar-refractivity contribution in [2.24, 2.45) is 4.99 Å². The van der Waals surface area contributed by atoms with Crippen molar-refractivity contribution in [3.63, 3.8) is 0 Å². The van der Waals surface area contributed by atoms with Crippen LogP contribution in [-0.4, -0.2) is 67.5 Å². The van der Waals surface area contributed by atoms with E-state index in [2.05, 4.69) is 44.7 Å². The molecule has 2 N–H and O–H groups in total. The Labute approximate surface area is 211 Å². The number of fused-ring (bicyclic) bond motifs is 3. The minimum Gasteiger partial charge on any atom is -0.497 e. The number of hydrogen-bond donors (Lipinski definition) is 2. The second-order valence-electron chi connectivity index (χ2n) is 10.3. The Morgan fingerprint density at radius 1 is 1.19 bits per heavy atom. The molecule has 0 saturated carbocycles. The van der Waals surface area contributed by atoms with Crippen molar-refractivity contribution in [1.82, 2.24) is 15.5 Å². The van der Waals surface area contributed by atoms with Gasteiger partial charge in [0.2, 0.25) is 11.8 Å². The topological polar surface area (TPSA) is 86.3 Å². The van der Waals surface area contributed by atoms with Gasteiger partial charge in [0.1, 0.15) is 17.1 Å². The number of piperidine rings is 1. The Morgan fingerprint density at radius 2 is 2.00 bits per heavy atom. The highest BCUT2D eigenvalue weighted by atomic mass is 16.5. The highest BCUT2D eigenvalue weighted by Crippen LogP contribution is 2.41. The molecule has 36 heavy (non-hydrogen) atoms. The van der Waals surface area contributed by atoms with Crippen molar-refractivity contribution < 1.29 is 14.3 Å². The number of nitrogens with zero attached hydrogens (tertiary/aromatic N) is 3. The van der Waals surface area contributed by atoms with Crippen molar-refractivity contribution in [3.05, 3.63) is 59.7 Å². The van der Waals surface area contributed by atoms with Crippen molar-refractivity contribution in [3.8, 4) is 5.75 Å². The molecule has 2 amide bonds. The molecule has 0 unspecified atom stereocenters. The summed E-state index contributed by atoms with van der Waals surface area (Å²) in [5, 5.41) is 6.13. The van der Waals surface area contributed by atoms with Gasteiger partial charge in [-0.25, -0.2) is 0 Å². The Morgan fingerprint density at radius 3 is 2.78 bits per heavy atom. The fourth-order valence-electron chi connectivity index (χ4n) is 6.46. The molecule has 2 saturated heterocycles. The lowest BCUT2D eigenvalue weighted by Crippen LogP contribution is -2.57. The number of aryl methyl sites for hydroxylation is 1. The van der Waals surface area contributed by atoms with Crippen LogP contribution >= 0.6 is 0 Å². The quantitative estimate of drug-likeness (QED) is 0.692. The van der Waals surface area contributed by atoms with Gasteiger partial charge >= 0.3 is 0 Å². The van der Waals surface area contributed by atoms with E-state index in [0.29, 0.717) is 45.1 Å². The maximum atomic E-state index is 12.9. The van der Waals surface area contributed by atoms with Crippen molar-refractivity contribution >= 4 is 23.3 Å². The van der Waals surface area contributed by atoms with E-state index in [-0.39, 0.29) is 17.9 Å². The third kappa shape index (κ3) is 4.03. The first kappa shape index (κ1) is 23.0. The normalized spacial score (nSPS) is 24.6. The lowest BCUT2D eigenvalue weighted by molar-refractivity contribution is -0.125. The van der Waals surface area contributed by atoms with Crippen molar-refractivity contribution in [2.75, 3.05) is 38.3 Å². The maximum absolute atomic E-state index is 12.9. The average molecular weight is 488 g/mol. The average Bonchev–Trinajstić information content (AvgIpc) is 3.46. The first-order chi connectivity index (χ1) is 17.6. The molecule has 188 valence electrons. The van der Waals surface area contributed by atoms with Crippen molar-refractivity contribution in [1.29, 1.82) is 0 Å². The van der Waals surface area contributed by atoms with E-state index >= 15 is 0 Å². The van der Waals surface area contributed by atoms with Gasteiger partial charge in [-0.15, -0.1) is 0 Å². The molecular formula is C28H33N5O3. The molecule has 0 radical (unpaired) electrons. The summed E-state index contributed by atoms with van der Waals surface area (Å²) in [7, 11) is 1.70. The zero-order valence-corrected chi connectivity index (χ0v) is 20.7. The van der Waals surface area contributed by atoms with Gasteiger partial charge in [-0.05, 0) is 61.1 Å². The van der Waals surface area contributed by atoms with E-state index in [4.69, 9.17) is 9.73 Å². The molecule has 1 spiro atoms. The van der Waals surface area contributed by atoms with Crippen LogP contribution in [-0.2, 0) is 16.0 Å². The Hall–Kier alpha value is -3.39. The Bertz CT molecular complexity index is 1190. The van der Waals surface area contributed by atoms with Gasteiger partial charge < -0.3 is 20.3 Å². The number of carbonyl (C=O) groups is 2. The molecule has 8 heteroatoms. The smallest absolute Gasteiger partial charge is 0.247 e. The van der Waals surface area contributed by atoms with Gasteiger partial charge in [-0.2, -0.15) is 0 Å². The summed E-state index contributed by atoms with van der Waals surface area (Å²) in [4.78, 5) is 35.0. The highest BCUT2D eigenvalue weighted by Gasteiger charge is 2.50. The molecule has 3 aliphatic heterocycles. The number of benzene rings is 2. The molecule has 2 atom stereocenters. The van der Waals surface area contributed by atoms with E-state index < -0.39 is 5.54 Å². The SMILES string of the molecule is COc1ccc2c(c1)CC[C@H]1N=C(NC(=O)CN3CCC4(CC3)C(=O)NCN4c3ccccc3)C[C@@H]21. The Balaban J connectivity index is 1.05. The largest absolute Gasteiger partial charge is 0.497 e. The number of para-hydroxylation sites is 1. The third-order valence-electron chi connectivity index (χ3n) is 8.40. The monoisotopic (exact) mass is 487 g/mol. The summed E-state index contributed by atoms with van der Waals surface area (Å²) in [5.41, 5.74) is 3.19. The molecule has 2 fully saturated rings. The number of methoxy groups -OCH3 is 1. The summed E-state index contributed by atoms with van der Waals surface area (Å²) in [6, 6.07) is 16.6. The van der Waals surface area contributed by atoms with Gasteiger partial charge in [0.25, 0.3) is 0 Å². The predicted molar refractivity (Wildman–Crippen MR) is 138 cm³/mol. The molecule has 1 aliphatic carbocycles. The number of aliphatic imine (C=N–C) groups is 1. The fraction of sp³-hybridized carbons (Fsp3) is 0.464. The van der Waals surface area contributed by atoms with Gasteiger partial charge in [0, 0.05) is 31.1 Å². The van der Waals surface area contributed by atoms with Crippen LogP contribution in [0.1, 0.15) is 42.7 Å². The van der Waals surface area contributed by atoms with E-state index in [1.165, 1.54) is 11.1 Å². The minimum absolute atomic E-state index is 0.0194. The second kappa shape index (κ2) is 9.24. The van der Waals surface area contributed by atoms with Crippen LogP contribution in [0.15, 0.2) is 53.5 Å². The lowest BCUT2D eigenvalue weighted by atomic mass is 9.79. The van der Waals surface area contributed by atoms with Gasteiger partial charge in [-0.3, -0.25) is 19.5 Å². The fourth-order valence-corrected chi connectivity index (χ4v) is 6.46. The molecule has 2 aromatic carbocycles. The summed E-state index contributed by atoms with van der Waals surface area (Å²) >= 11 is 0. The first-order valence-electron chi connectivity index (χ1n) is 12.9. The molecule has 0 aromatic heterocycles. The summed E-state index contributed by atoms with van der Waals surface area (Å²) in [6.45, 7) is 2.26. The lowest BCUT2D eigenvalue weighted by Gasteiger charge is -2.43. The second-order valence-corrected chi connectivity index (χ2v) is 10.3. The summed E-state index contributed by atoms with van der Waals surface area (Å²) in [5.74, 6) is 2.10. The van der Waals surface area contributed by atoms with Crippen LogP contribution in [0.3, 0.4) is 0 Å². The number of carbonyl (C=O) groups excluding carboxylic acids is 2. The summed E-state index contributed by atoms with van der Waals surface area (Å²) < 4.78 is 5.39. The van der Waals surface area contributed by atoms with Crippen LogP contribution in [0.4, 0.5) is 5.69 Å². The van der Waals surface area contributed by atoms with E-state index in [1.807, 2.05) is 24.3 Å². The summed E-state index contributed by atoms with van der Waals surface area (Å²) in [6.07, 6.45) is 4.16. The number of nitrogens with one attached hydrogen (secondary N) is 2. The van der Waals surface area contributed by atoms with E-state index in [0.717, 1.165) is 36.5 Å². The standard InChI is InChI=1S/C28H33N5O3/c1-36-21-8-9-22-19(15-21)7-10-24-23(22)16-25(30-24)31-26(34)17-32-13-11-28(12-14-32)27(35)29-18-33(28)20-5-3-2-4-6-20/h2-6,8-9,15,23-24H,7,10-14,16-18H2,1H3,(H,29,35)(H,30,31,34)/t23-,24+/m0/s1. The number of hydrogen-bond acceptors (Lipinski definition) is 6. The van der Waals surface area contributed by atoms with Crippen LogP contribution < -0.4 is 20.3 Å². The van der Waals surface area contributed by atoms with Crippen molar-refractivity contribution in [2.45, 2.75) is 49.6 Å². The molecule has 0 bridgehead atoms. The number of likely N-dealkylation sites (tertiary alicyclic amines) is 1. The van der Waals surface area contributed by atoms with Crippen LogP contribution in [0.25, 0.3) is 0 Å². The van der Waals surface area contributed by atoms with Crippen LogP contribution in [0.2, 0.25) is 0 Å². The van der Waals surface area contributed by atoms with Gasteiger partial charge in [-0.1, -0.05) is 24.3 Å². The van der Waals surface area contributed by atoms with Crippen LogP contribution in [0, 0.1) is 0 Å². The third-order valence-corrected chi connectivity index (χ3v) is 8.40. The molecule has 8 nitrogen and oxygen atoms in total. The Kier molecular flexibility index (Phi) is 5.91. The number of anilines is 1. The predicted octanol–water partition coefficient (Wildman–Crippen LogP) is 2.44. The number of rotatable bonds is 4. The number of amidine groups is 1. The molecule has 2 aromatic rings. The van der Waals surface area contributed by atoms with Gasteiger partial charge in [0.05, 0.1) is 26.4 Å². The molecular weight excluding hydrogens is 454 g/mol. The zero-order chi connectivity index (χ0) is 24.7. The molecule has 4 aliphatic rings. The minimum atomic E-state index is -0.532. The van der Waals surface area contributed by atoms with Crippen LogP contribution in [0.5, 0.6) is 5.75 Å². The zero-order valence-electron chi connectivity index (χ0n) is 20.7. The van der Waals surface area contributed by atoms with Gasteiger partial charge in [0.15, 0.2) is 0 Å². The maximum Gasteiger partial charge on any atom is 0.247 e. The number of ether oxygens (including phenoxy) is 1. The molecule has 6 rings (SSSR count). The first-order valence-corrected chi connectivity index (χ1v) is 12.9. The van der Waals surface area contributed by atoms with E-state index in [9.17, 15) is 9.59 Å².